The van der Waals surface area contributed by atoms with Crippen molar-refractivity contribution in [1.82, 2.24) is 10.2 Å². The van der Waals surface area contributed by atoms with Crippen molar-refractivity contribution < 1.29 is 19.1 Å². The molecule has 9 heteroatoms. The topological polar surface area (TPSA) is 83.4 Å². The van der Waals surface area contributed by atoms with Gasteiger partial charge in [-0.2, -0.15) is 0 Å². The second kappa shape index (κ2) is 6.43. The fourth-order valence-corrected chi connectivity index (χ4v) is 4.19. The minimum atomic E-state index is -0.819. The summed E-state index contributed by atoms with van der Waals surface area (Å²) < 4.78 is 13.2. The highest BCUT2D eigenvalue weighted by Crippen LogP contribution is 2.43. The van der Waals surface area contributed by atoms with E-state index in [9.17, 15) is 19.1 Å². The summed E-state index contributed by atoms with van der Waals surface area (Å²) in [5.41, 5.74) is 1.66. The highest BCUT2D eigenvalue weighted by Gasteiger charge is 2.48. The number of hydrogen-bond donors (Lipinski definition) is 1. The molecule has 3 aromatic rings. The molecule has 1 fully saturated rings. The van der Waals surface area contributed by atoms with E-state index in [0.29, 0.717) is 4.88 Å². The van der Waals surface area contributed by atoms with Gasteiger partial charge < -0.3 is 5.11 Å². The lowest BCUT2D eigenvalue weighted by molar-refractivity contribution is -0.132. The van der Waals surface area contributed by atoms with E-state index in [4.69, 9.17) is 0 Å². The van der Waals surface area contributed by atoms with Gasteiger partial charge in [0.15, 0.2) is 0 Å². The molecule has 3 heterocycles. The Labute approximate surface area is 154 Å². The van der Waals surface area contributed by atoms with E-state index in [1.807, 2.05) is 5.38 Å². The average Bonchev–Trinajstić information content (AvgIpc) is 3.37. The summed E-state index contributed by atoms with van der Waals surface area (Å²) in [6, 6.07) is 7.81. The number of aliphatic hydroxyl groups excluding tert-OH is 1. The van der Waals surface area contributed by atoms with Crippen LogP contribution in [0.5, 0.6) is 0 Å². The first-order valence-corrected chi connectivity index (χ1v) is 9.20. The van der Waals surface area contributed by atoms with E-state index in [1.165, 1.54) is 46.0 Å². The Morgan fingerprint density at radius 1 is 1.15 bits per heavy atom. The molecule has 0 unspecified atom stereocenters. The summed E-state index contributed by atoms with van der Waals surface area (Å²) in [5.74, 6) is -2.43. The molecule has 0 radical (unpaired) electrons. The maximum Gasteiger partial charge on any atom is 0.301 e. The molecular formula is C17H10FN3O3S2. The van der Waals surface area contributed by atoms with Crippen LogP contribution in [0.15, 0.2) is 52.9 Å². The SMILES string of the molecule is O=C1C(=O)N(c2nncs2)[C@H](c2cccs2)C1=C(O)c1ccc(F)cc1. The quantitative estimate of drug-likeness (QED) is 0.423. The van der Waals surface area contributed by atoms with Crippen LogP contribution in [0.4, 0.5) is 9.52 Å². The summed E-state index contributed by atoms with van der Waals surface area (Å²) in [7, 11) is 0. The number of amides is 1. The molecule has 130 valence electrons. The Bertz CT molecular complexity index is 999. The number of thiophene rings is 1. The number of hydrogen-bond acceptors (Lipinski definition) is 7. The zero-order chi connectivity index (χ0) is 18.3. The smallest absolute Gasteiger partial charge is 0.301 e. The Morgan fingerprint density at radius 2 is 1.92 bits per heavy atom. The molecule has 1 aliphatic rings. The van der Waals surface area contributed by atoms with Crippen molar-refractivity contribution in [3.8, 4) is 0 Å². The van der Waals surface area contributed by atoms with Crippen LogP contribution in [0, 0.1) is 5.82 Å². The van der Waals surface area contributed by atoms with Gasteiger partial charge in [0.2, 0.25) is 5.13 Å². The lowest BCUT2D eigenvalue weighted by Crippen LogP contribution is -2.29. The summed E-state index contributed by atoms with van der Waals surface area (Å²) in [4.78, 5) is 27.2. The van der Waals surface area contributed by atoms with Crippen LogP contribution in [0.25, 0.3) is 5.76 Å². The van der Waals surface area contributed by atoms with Crippen LogP contribution in [0.2, 0.25) is 0 Å². The monoisotopic (exact) mass is 387 g/mol. The second-order valence-corrected chi connectivity index (χ2v) is 7.20. The molecule has 1 saturated heterocycles. The van der Waals surface area contributed by atoms with Gasteiger partial charge in [-0.05, 0) is 35.7 Å². The highest BCUT2D eigenvalue weighted by atomic mass is 32.1. The van der Waals surface area contributed by atoms with Gasteiger partial charge in [-0.15, -0.1) is 21.5 Å². The molecule has 1 aliphatic heterocycles. The minimum absolute atomic E-state index is 0.0562. The van der Waals surface area contributed by atoms with E-state index in [2.05, 4.69) is 10.2 Å². The molecule has 0 spiro atoms. The van der Waals surface area contributed by atoms with Crippen LogP contribution in [-0.2, 0) is 9.59 Å². The molecular weight excluding hydrogens is 377 g/mol. The van der Waals surface area contributed by atoms with Gasteiger partial charge in [0, 0.05) is 10.4 Å². The first-order valence-electron chi connectivity index (χ1n) is 7.44. The number of benzene rings is 1. The van der Waals surface area contributed by atoms with E-state index in [-0.39, 0.29) is 22.0 Å². The summed E-state index contributed by atoms with van der Waals surface area (Å²) >= 11 is 2.47. The fourth-order valence-electron chi connectivity index (χ4n) is 2.78. The predicted octanol–water partition coefficient (Wildman–Crippen LogP) is 3.37. The first kappa shape index (κ1) is 16.6. The molecule has 0 bridgehead atoms. The third kappa shape index (κ3) is 2.61. The molecule has 1 amide bonds. The fraction of sp³-hybridized carbons (Fsp3) is 0.0588. The highest BCUT2D eigenvalue weighted by molar-refractivity contribution is 7.13. The van der Waals surface area contributed by atoms with Crippen LogP contribution in [0.1, 0.15) is 16.5 Å². The van der Waals surface area contributed by atoms with Crippen molar-refractivity contribution in [1.29, 1.82) is 0 Å². The number of halogens is 1. The molecule has 0 saturated carbocycles. The minimum Gasteiger partial charge on any atom is -0.507 e. The Balaban J connectivity index is 1.92. The first-order chi connectivity index (χ1) is 12.6. The van der Waals surface area contributed by atoms with Crippen molar-refractivity contribution in [2.24, 2.45) is 0 Å². The van der Waals surface area contributed by atoms with E-state index in [0.717, 1.165) is 11.3 Å². The number of anilines is 1. The molecule has 0 aliphatic carbocycles. The summed E-state index contributed by atoms with van der Waals surface area (Å²) in [5, 5.41) is 20.4. The molecule has 6 nitrogen and oxygen atoms in total. The number of aromatic nitrogens is 2. The van der Waals surface area contributed by atoms with Crippen LogP contribution in [-0.4, -0.2) is 27.0 Å². The van der Waals surface area contributed by atoms with E-state index < -0.39 is 23.5 Å². The van der Waals surface area contributed by atoms with Crippen LogP contribution < -0.4 is 4.90 Å². The largest absolute Gasteiger partial charge is 0.507 e. The Hall–Kier alpha value is -2.91. The zero-order valence-electron chi connectivity index (χ0n) is 13.0. The lowest BCUT2D eigenvalue weighted by atomic mass is 10.00. The van der Waals surface area contributed by atoms with Gasteiger partial charge in [-0.1, -0.05) is 17.4 Å². The van der Waals surface area contributed by atoms with E-state index in [1.54, 1.807) is 12.1 Å². The normalized spacial score (nSPS) is 19.3. The summed E-state index contributed by atoms with van der Waals surface area (Å²) in [6.07, 6.45) is 0. The number of Topliss-reactive ketones (excluding diaryl/α,β-unsaturated/α-hetero) is 1. The van der Waals surface area contributed by atoms with Crippen molar-refractivity contribution >= 4 is 45.3 Å². The van der Waals surface area contributed by atoms with Gasteiger partial charge in [-0.3, -0.25) is 14.5 Å². The number of nitrogens with zero attached hydrogens (tertiary/aromatic N) is 3. The number of aliphatic hydroxyl groups is 1. The van der Waals surface area contributed by atoms with Gasteiger partial charge >= 0.3 is 5.91 Å². The maximum absolute atomic E-state index is 13.2. The molecule has 1 N–H and O–H groups in total. The molecule has 2 aromatic heterocycles. The average molecular weight is 387 g/mol. The number of ketones is 1. The zero-order valence-corrected chi connectivity index (χ0v) is 14.6. The third-order valence-electron chi connectivity index (χ3n) is 3.93. The summed E-state index contributed by atoms with van der Waals surface area (Å²) in [6.45, 7) is 0. The standard InChI is InChI=1S/C17H10FN3O3S2/c18-10-5-3-9(4-6-10)14(22)12-13(11-2-1-7-25-11)21(16(24)15(12)23)17-20-19-8-26-17/h1-8,13,22H/t13-/m1/s1. The van der Waals surface area contributed by atoms with Gasteiger partial charge in [0.05, 0.1) is 5.57 Å². The van der Waals surface area contributed by atoms with Gasteiger partial charge in [0.25, 0.3) is 5.78 Å². The molecule has 26 heavy (non-hydrogen) atoms. The molecule has 4 rings (SSSR count). The van der Waals surface area contributed by atoms with Gasteiger partial charge in [-0.25, -0.2) is 4.39 Å². The maximum atomic E-state index is 13.2. The lowest BCUT2D eigenvalue weighted by Gasteiger charge is -2.20. The van der Waals surface area contributed by atoms with Crippen molar-refractivity contribution in [3.05, 3.63) is 69.1 Å². The van der Waals surface area contributed by atoms with Crippen LogP contribution in [0.3, 0.4) is 0 Å². The number of carbonyl (C=O) groups is 2. The second-order valence-electron chi connectivity index (χ2n) is 5.41. The Morgan fingerprint density at radius 3 is 2.54 bits per heavy atom. The third-order valence-corrected chi connectivity index (χ3v) is 5.54. The van der Waals surface area contributed by atoms with E-state index >= 15 is 0 Å². The Kier molecular flexibility index (Phi) is 4.09. The van der Waals surface area contributed by atoms with Crippen molar-refractivity contribution in [3.63, 3.8) is 0 Å². The van der Waals surface area contributed by atoms with Gasteiger partial charge in [0.1, 0.15) is 23.1 Å². The molecule has 1 aromatic carbocycles. The number of rotatable bonds is 3. The number of carbonyl (C=O) groups excluding carboxylic acids is 2. The van der Waals surface area contributed by atoms with Crippen molar-refractivity contribution in [2.75, 3.05) is 4.90 Å². The predicted molar refractivity (Wildman–Crippen MR) is 95.4 cm³/mol. The molecule has 1 atom stereocenters. The van der Waals surface area contributed by atoms with Crippen molar-refractivity contribution in [2.45, 2.75) is 6.04 Å². The van der Waals surface area contributed by atoms with Crippen LogP contribution >= 0.6 is 22.7 Å².